The van der Waals surface area contributed by atoms with E-state index in [0.29, 0.717) is 48.8 Å². The minimum absolute atomic E-state index is 0.0152. The predicted octanol–water partition coefficient (Wildman–Crippen LogP) is 4.72. The molecule has 1 aromatic heterocycles. The van der Waals surface area contributed by atoms with E-state index < -0.39 is 15.6 Å². The van der Waals surface area contributed by atoms with E-state index in [1.54, 1.807) is 25.3 Å². The van der Waals surface area contributed by atoms with Crippen LogP contribution < -0.4 is 9.88 Å². The summed E-state index contributed by atoms with van der Waals surface area (Å²) in [6, 6.07) is 22.9. The molecule has 40 heavy (non-hydrogen) atoms. The van der Waals surface area contributed by atoms with Crippen molar-refractivity contribution >= 4 is 15.9 Å². The highest BCUT2D eigenvalue weighted by molar-refractivity contribution is 7.89. The Balaban J connectivity index is 1.42. The summed E-state index contributed by atoms with van der Waals surface area (Å²) >= 11 is 0. The summed E-state index contributed by atoms with van der Waals surface area (Å²) in [5, 5.41) is 18.4. The van der Waals surface area contributed by atoms with E-state index in [1.165, 1.54) is 12.1 Å². The van der Waals surface area contributed by atoms with Crippen molar-refractivity contribution in [2.75, 3.05) is 20.3 Å². The molecule has 0 spiro atoms. The lowest BCUT2D eigenvalue weighted by atomic mass is 9.86. The van der Waals surface area contributed by atoms with Crippen LogP contribution in [0.4, 0.5) is 0 Å². The van der Waals surface area contributed by atoms with E-state index in [2.05, 4.69) is 10.1 Å². The Kier molecular flexibility index (Phi) is 7.99. The van der Waals surface area contributed by atoms with Crippen LogP contribution in [0, 0.1) is 0 Å². The number of ether oxygens (including phenoxy) is 3. The molecule has 0 atom stereocenters. The van der Waals surface area contributed by atoms with Gasteiger partial charge in [-0.3, -0.25) is 0 Å². The average molecular weight is 564 g/mol. The molecule has 0 unspecified atom stereocenters. The van der Waals surface area contributed by atoms with Gasteiger partial charge in [0.2, 0.25) is 21.8 Å². The van der Waals surface area contributed by atoms with Gasteiger partial charge in [-0.1, -0.05) is 47.6 Å². The molecule has 1 aliphatic rings. The molecule has 0 aliphatic carbocycles. The zero-order chi connectivity index (χ0) is 28.2. The van der Waals surface area contributed by atoms with Crippen molar-refractivity contribution in [3.05, 3.63) is 90.3 Å². The molecule has 3 aromatic carbocycles. The summed E-state index contributed by atoms with van der Waals surface area (Å²) in [5.74, 6) is 1.11. The molecule has 4 aromatic rings. The molecule has 1 saturated heterocycles. The van der Waals surface area contributed by atoms with Gasteiger partial charge in [-0.15, -0.1) is 0 Å². The van der Waals surface area contributed by atoms with Gasteiger partial charge < -0.3 is 23.8 Å². The second-order valence-corrected chi connectivity index (χ2v) is 10.9. The van der Waals surface area contributed by atoms with Gasteiger partial charge >= 0.3 is 0 Å². The Hall–Kier alpha value is -4.03. The van der Waals surface area contributed by atoms with Crippen LogP contribution in [0.2, 0.25) is 0 Å². The monoisotopic (exact) mass is 563 g/mol. The fraction of sp³-hybridized carbons (Fsp3) is 0.241. The number of aromatic nitrogens is 1. The highest BCUT2D eigenvalue weighted by atomic mass is 32.2. The maximum absolute atomic E-state index is 11.7. The van der Waals surface area contributed by atoms with Crippen molar-refractivity contribution in [1.29, 1.82) is 0 Å². The average Bonchev–Trinajstić information content (AvgIpc) is 3.41. The summed E-state index contributed by atoms with van der Waals surface area (Å²) < 4.78 is 46.8. The lowest BCUT2D eigenvalue weighted by molar-refractivity contribution is -0.0948. The van der Waals surface area contributed by atoms with E-state index >= 15 is 0 Å². The van der Waals surface area contributed by atoms with Gasteiger partial charge in [-0.25, -0.2) is 18.5 Å². The van der Waals surface area contributed by atoms with Crippen LogP contribution in [0.3, 0.4) is 0 Å². The van der Waals surface area contributed by atoms with E-state index in [-0.39, 0.29) is 23.1 Å². The SMILES string of the molecule is COC1(c2cccc(O/C(Cc3nc(-c4ccccc4)c(-c4ccc(S(N)(=O)=O)cc4)o3)=N/O)c2)CCOCC1. The number of oxazole rings is 1. The second kappa shape index (κ2) is 11.6. The van der Waals surface area contributed by atoms with E-state index in [0.717, 1.165) is 11.1 Å². The van der Waals surface area contributed by atoms with Crippen LogP contribution in [0.15, 0.2) is 93.3 Å². The topological polar surface area (TPSA) is 146 Å². The number of nitrogens with two attached hydrogens (primary N) is 1. The number of oxime groups is 1. The van der Waals surface area contributed by atoms with Gasteiger partial charge in [0, 0.05) is 44.3 Å². The van der Waals surface area contributed by atoms with Crippen molar-refractivity contribution in [2.45, 2.75) is 29.8 Å². The molecular formula is C29H29N3O7S. The van der Waals surface area contributed by atoms with E-state index in [4.69, 9.17) is 23.8 Å². The molecule has 0 amide bonds. The molecule has 0 radical (unpaired) electrons. The minimum Gasteiger partial charge on any atom is -0.439 e. The van der Waals surface area contributed by atoms with Crippen LogP contribution in [0.1, 0.15) is 24.3 Å². The van der Waals surface area contributed by atoms with Crippen molar-refractivity contribution in [1.82, 2.24) is 4.98 Å². The molecule has 11 heteroatoms. The molecule has 3 N–H and O–H groups in total. The standard InChI is InChI=1S/C29H29N3O7S/c1-36-29(14-16-37-17-15-29)22-8-5-9-23(18-22)38-26(32-33)19-25-31-27(20-6-3-2-4-7-20)28(39-25)21-10-12-24(13-11-21)40(30,34)35/h2-13,18,33H,14-17,19H2,1H3,(H2,30,34,35)/b32-26+. The number of hydrogen-bond donors (Lipinski definition) is 2. The summed E-state index contributed by atoms with van der Waals surface area (Å²) in [6.07, 6.45) is 1.39. The fourth-order valence-corrected chi connectivity index (χ4v) is 5.25. The first-order valence-corrected chi connectivity index (χ1v) is 14.2. The largest absolute Gasteiger partial charge is 0.439 e. The van der Waals surface area contributed by atoms with E-state index in [9.17, 15) is 13.6 Å². The highest BCUT2D eigenvalue weighted by Crippen LogP contribution is 2.37. The van der Waals surface area contributed by atoms with Gasteiger partial charge in [0.25, 0.3) is 0 Å². The maximum atomic E-state index is 11.7. The number of primary sulfonamides is 1. The molecule has 2 heterocycles. The number of rotatable bonds is 8. The lowest BCUT2D eigenvalue weighted by Gasteiger charge is -2.36. The third kappa shape index (κ3) is 5.92. The Bertz CT molecular complexity index is 1590. The highest BCUT2D eigenvalue weighted by Gasteiger charge is 2.34. The summed E-state index contributed by atoms with van der Waals surface area (Å²) in [7, 11) is -2.16. The second-order valence-electron chi connectivity index (χ2n) is 9.33. The Morgan fingerprint density at radius 1 is 1.02 bits per heavy atom. The first-order chi connectivity index (χ1) is 19.3. The first-order valence-electron chi connectivity index (χ1n) is 12.6. The van der Waals surface area contributed by atoms with Gasteiger partial charge in [0.05, 0.1) is 10.5 Å². The number of hydrogen-bond acceptors (Lipinski definition) is 9. The van der Waals surface area contributed by atoms with Crippen molar-refractivity contribution < 1.29 is 32.3 Å². The summed E-state index contributed by atoms with van der Waals surface area (Å²) in [4.78, 5) is 4.64. The first kappa shape index (κ1) is 27.5. The molecule has 0 saturated carbocycles. The third-order valence-corrected chi connectivity index (χ3v) is 7.79. The van der Waals surface area contributed by atoms with Gasteiger partial charge in [-0.2, -0.15) is 0 Å². The Labute approximate surface area is 232 Å². The third-order valence-electron chi connectivity index (χ3n) is 6.86. The molecule has 1 fully saturated rings. The number of sulfonamides is 1. The van der Waals surface area contributed by atoms with Crippen LogP contribution >= 0.6 is 0 Å². The molecule has 10 nitrogen and oxygen atoms in total. The van der Waals surface area contributed by atoms with Crippen LogP contribution in [0.5, 0.6) is 5.75 Å². The van der Waals surface area contributed by atoms with Crippen LogP contribution in [-0.4, -0.2) is 44.8 Å². The van der Waals surface area contributed by atoms with Crippen molar-refractivity contribution in [2.24, 2.45) is 10.3 Å². The van der Waals surface area contributed by atoms with Gasteiger partial charge in [-0.05, 0) is 42.0 Å². The maximum Gasteiger partial charge on any atom is 0.240 e. The molecule has 208 valence electrons. The smallest absolute Gasteiger partial charge is 0.240 e. The summed E-state index contributed by atoms with van der Waals surface area (Å²) in [5.41, 5.74) is 2.40. The van der Waals surface area contributed by atoms with Crippen molar-refractivity contribution in [3.8, 4) is 28.3 Å². The van der Waals surface area contributed by atoms with Crippen LogP contribution in [-0.2, 0) is 31.5 Å². The van der Waals surface area contributed by atoms with E-state index in [1.807, 2.05) is 48.5 Å². The number of benzene rings is 3. The quantitative estimate of drug-likeness (QED) is 0.136. The Morgan fingerprint density at radius 3 is 2.40 bits per heavy atom. The molecule has 1 aliphatic heterocycles. The minimum atomic E-state index is -3.84. The molecule has 5 rings (SSSR count). The van der Waals surface area contributed by atoms with Gasteiger partial charge in [0.15, 0.2) is 5.76 Å². The fourth-order valence-electron chi connectivity index (χ4n) is 4.74. The Morgan fingerprint density at radius 2 is 1.75 bits per heavy atom. The molecular weight excluding hydrogens is 534 g/mol. The summed E-state index contributed by atoms with van der Waals surface area (Å²) in [6.45, 7) is 1.20. The lowest BCUT2D eigenvalue weighted by Crippen LogP contribution is -2.35. The normalized spacial score (nSPS) is 15.6. The number of nitrogens with zero attached hydrogens (tertiary/aromatic N) is 2. The van der Waals surface area contributed by atoms with Gasteiger partial charge in [0.1, 0.15) is 17.9 Å². The number of methoxy groups -OCH3 is 1. The van der Waals surface area contributed by atoms with Crippen molar-refractivity contribution in [3.63, 3.8) is 0 Å². The molecule has 0 bridgehead atoms. The zero-order valence-electron chi connectivity index (χ0n) is 21.8. The zero-order valence-corrected chi connectivity index (χ0v) is 22.6. The predicted molar refractivity (Wildman–Crippen MR) is 147 cm³/mol. The van der Waals surface area contributed by atoms with Crippen LogP contribution in [0.25, 0.3) is 22.6 Å².